The first-order chi connectivity index (χ1) is 18.4. The molecule has 0 spiro atoms. The van der Waals surface area contributed by atoms with Crippen molar-refractivity contribution in [1.82, 2.24) is 4.90 Å². The van der Waals surface area contributed by atoms with E-state index in [1.807, 2.05) is 42.5 Å². The summed E-state index contributed by atoms with van der Waals surface area (Å²) >= 11 is 0. The SMILES string of the molecule is CS(=O)(=O)c1ccc(-c2ccc3cc(O)ccc3c2Oc2ccc(NCCN3CCCCCC3)cc2)cc1. The second kappa shape index (κ2) is 11.5. The number of aromatic hydroxyl groups is 1. The number of phenols is 1. The quantitative estimate of drug-likeness (QED) is 0.264. The van der Waals surface area contributed by atoms with Crippen LogP contribution in [0.3, 0.4) is 0 Å². The molecule has 5 rings (SSSR count). The first-order valence-electron chi connectivity index (χ1n) is 13.2. The standard InChI is InChI=1S/C31H34N2O4S/c1-38(35,36)28-14-6-23(7-15-28)29-16-8-24-22-26(34)11-17-30(24)31(29)37-27-12-9-25(10-13-27)32-18-21-33-19-4-2-3-5-20-33/h6-17,22,32,34H,2-5,18-21H2,1H3. The van der Waals surface area contributed by atoms with Crippen LogP contribution in [0.5, 0.6) is 17.2 Å². The molecule has 198 valence electrons. The Morgan fingerprint density at radius 3 is 2.26 bits per heavy atom. The van der Waals surface area contributed by atoms with Crippen LogP contribution in [-0.4, -0.2) is 50.9 Å². The number of phenolic OH excluding ortho intramolecular Hbond substituents is 1. The number of rotatable bonds is 8. The van der Waals surface area contributed by atoms with Crippen molar-refractivity contribution in [3.05, 3.63) is 78.9 Å². The van der Waals surface area contributed by atoms with Crippen LogP contribution in [0.15, 0.2) is 83.8 Å². The number of anilines is 1. The van der Waals surface area contributed by atoms with Crippen LogP contribution in [-0.2, 0) is 9.84 Å². The Bertz CT molecular complexity index is 1490. The molecule has 1 aliphatic rings. The zero-order chi connectivity index (χ0) is 26.5. The van der Waals surface area contributed by atoms with Crippen LogP contribution >= 0.6 is 0 Å². The Kier molecular flexibility index (Phi) is 7.86. The smallest absolute Gasteiger partial charge is 0.175 e. The lowest BCUT2D eigenvalue weighted by Crippen LogP contribution is -2.29. The van der Waals surface area contributed by atoms with Crippen molar-refractivity contribution in [2.24, 2.45) is 0 Å². The number of nitrogens with one attached hydrogen (secondary N) is 1. The Morgan fingerprint density at radius 2 is 1.58 bits per heavy atom. The maximum atomic E-state index is 11.9. The lowest BCUT2D eigenvalue weighted by atomic mass is 9.99. The summed E-state index contributed by atoms with van der Waals surface area (Å²) in [5.41, 5.74) is 2.73. The zero-order valence-corrected chi connectivity index (χ0v) is 22.5. The number of benzene rings is 4. The molecule has 1 heterocycles. The van der Waals surface area contributed by atoms with Gasteiger partial charge >= 0.3 is 0 Å². The summed E-state index contributed by atoms with van der Waals surface area (Å²) in [7, 11) is -3.29. The van der Waals surface area contributed by atoms with Gasteiger partial charge in [-0.05, 0) is 97.5 Å². The summed E-state index contributed by atoms with van der Waals surface area (Å²) in [5, 5.41) is 15.2. The van der Waals surface area contributed by atoms with Crippen molar-refractivity contribution in [2.75, 3.05) is 37.8 Å². The summed E-state index contributed by atoms with van der Waals surface area (Å²) in [6.45, 7) is 4.33. The molecule has 0 unspecified atom stereocenters. The predicted octanol–water partition coefficient (Wildman–Crippen LogP) is 6.70. The van der Waals surface area contributed by atoms with E-state index >= 15 is 0 Å². The topological polar surface area (TPSA) is 78.9 Å². The molecular formula is C31H34N2O4S. The minimum Gasteiger partial charge on any atom is -0.508 e. The second-order valence-electron chi connectivity index (χ2n) is 9.95. The van der Waals surface area contributed by atoms with Crippen molar-refractivity contribution in [3.8, 4) is 28.4 Å². The fourth-order valence-corrected chi connectivity index (χ4v) is 5.61. The van der Waals surface area contributed by atoms with Crippen molar-refractivity contribution >= 4 is 26.3 Å². The summed E-state index contributed by atoms with van der Waals surface area (Å²) < 4.78 is 30.3. The molecule has 0 radical (unpaired) electrons. The zero-order valence-electron chi connectivity index (χ0n) is 21.7. The van der Waals surface area contributed by atoms with E-state index in [4.69, 9.17) is 4.74 Å². The maximum absolute atomic E-state index is 11.9. The second-order valence-corrected chi connectivity index (χ2v) is 12.0. The summed E-state index contributed by atoms with van der Waals surface area (Å²) in [4.78, 5) is 2.81. The van der Waals surface area contributed by atoms with Gasteiger partial charge in [0.1, 0.15) is 17.2 Å². The molecule has 0 saturated carbocycles. The Hall–Kier alpha value is -3.55. The van der Waals surface area contributed by atoms with Gasteiger partial charge in [-0.1, -0.05) is 31.0 Å². The molecule has 4 aromatic rings. The molecule has 7 heteroatoms. The Morgan fingerprint density at radius 1 is 0.868 bits per heavy atom. The molecule has 1 fully saturated rings. The molecule has 1 aliphatic heterocycles. The van der Waals surface area contributed by atoms with Crippen molar-refractivity contribution < 1.29 is 18.3 Å². The highest BCUT2D eigenvalue weighted by Crippen LogP contribution is 2.41. The van der Waals surface area contributed by atoms with Crippen LogP contribution in [0.1, 0.15) is 25.7 Å². The fourth-order valence-electron chi connectivity index (χ4n) is 4.98. The van der Waals surface area contributed by atoms with Crippen LogP contribution in [0, 0.1) is 0 Å². The van der Waals surface area contributed by atoms with Crippen LogP contribution in [0.2, 0.25) is 0 Å². The molecule has 4 aromatic carbocycles. The van der Waals surface area contributed by atoms with Gasteiger partial charge in [-0.2, -0.15) is 0 Å². The van der Waals surface area contributed by atoms with E-state index in [1.54, 1.807) is 36.4 Å². The number of hydrogen-bond donors (Lipinski definition) is 2. The first kappa shape index (κ1) is 26.1. The summed E-state index contributed by atoms with van der Waals surface area (Å²) in [6.07, 6.45) is 6.48. The average Bonchev–Trinajstić information content (AvgIpc) is 3.18. The first-order valence-corrected chi connectivity index (χ1v) is 15.1. The largest absolute Gasteiger partial charge is 0.508 e. The van der Waals surface area contributed by atoms with Crippen molar-refractivity contribution in [2.45, 2.75) is 30.6 Å². The van der Waals surface area contributed by atoms with E-state index in [9.17, 15) is 13.5 Å². The van der Waals surface area contributed by atoms with Gasteiger partial charge in [-0.15, -0.1) is 0 Å². The summed E-state index contributed by atoms with van der Waals surface area (Å²) in [6, 6.07) is 23.8. The van der Waals surface area contributed by atoms with E-state index in [0.29, 0.717) is 11.5 Å². The van der Waals surface area contributed by atoms with Gasteiger partial charge in [0.05, 0.1) is 4.90 Å². The van der Waals surface area contributed by atoms with E-state index < -0.39 is 9.84 Å². The third-order valence-corrected chi connectivity index (χ3v) is 8.21. The lowest BCUT2D eigenvalue weighted by molar-refractivity contribution is 0.296. The van der Waals surface area contributed by atoms with Gasteiger partial charge < -0.3 is 20.1 Å². The third-order valence-electron chi connectivity index (χ3n) is 7.08. The molecule has 0 bridgehead atoms. The lowest BCUT2D eigenvalue weighted by Gasteiger charge is -2.20. The molecule has 38 heavy (non-hydrogen) atoms. The van der Waals surface area contributed by atoms with Gasteiger partial charge in [0.15, 0.2) is 9.84 Å². The average molecular weight is 531 g/mol. The van der Waals surface area contributed by atoms with Gasteiger partial charge in [0.2, 0.25) is 0 Å². The normalized spacial score (nSPS) is 14.8. The molecule has 2 N–H and O–H groups in total. The highest BCUT2D eigenvalue weighted by molar-refractivity contribution is 7.90. The number of nitrogens with zero attached hydrogens (tertiary/aromatic N) is 1. The van der Waals surface area contributed by atoms with Crippen molar-refractivity contribution in [1.29, 1.82) is 0 Å². The Labute approximate surface area is 224 Å². The fraction of sp³-hybridized carbons (Fsp3) is 0.290. The number of likely N-dealkylation sites (tertiary alicyclic amines) is 1. The minimum atomic E-state index is -3.29. The van der Waals surface area contributed by atoms with E-state index in [2.05, 4.69) is 10.2 Å². The van der Waals surface area contributed by atoms with Gasteiger partial charge in [0, 0.05) is 36.0 Å². The van der Waals surface area contributed by atoms with Crippen LogP contribution in [0.25, 0.3) is 21.9 Å². The van der Waals surface area contributed by atoms with Crippen molar-refractivity contribution in [3.63, 3.8) is 0 Å². The monoisotopic (exact) mass is 530 g/mol. The molecule has 1 saturated heterocycles. The summed E-state index contributed by atoms with van der Waals surface area (Å²) in [5.74, 6) is 1.53. The molecule has 0 aliphatic carbocycles. The molecule has 0 amide bonds. The molecule has 0 aromatic heterocycles. The molecule has 6 nitrogen and oxygen atoms in total. The van der Waals surface area contributed by atoms with Crippen LogP contribution in [0.4, 0.5) is 5.69 Å². The highest BCUT2D eigenvalue weighted by atomic mass is 32.2. The van der Waals surface area contributed by atoms with Crippen LogP contribution < -0.4 is 10.1 Å². The maximum Gasteiger partial charge on any atom is 0.175 e. The van der Waals surface area contributed by atoms with E-state index in [1.165, 1.54) is 45.0 Å². The van der Waals surface area contributed by atoms with E-state index in [-0.39, 0.29) is 10.6 Å². The number of ether oxygens (including phenoxy) is 1. The predicted molar refractivity (Wildman–Crippen MR) is 154 cm³/mol. The molecular weight excluding hydrogens is 496 g/mol. The van der Waals surface area contributed by atoms with Gasteiger partial charge in [0.25, 0.3) is 0 Å². The molecule has 0 atom stereocenters. The van der Waals surface area contributed by atoms with Gasteiger partial charge in [-0.25, -0.2) is 8.42 Å². The van der Waals surface area contributed by atoms with E-state index in [0.717, 1.165) is 40.7 Å². The minimum absolute atomic E-state index is 0.185. The van der Waals surface area contributed by atoms with Gasteiger partial charge in [-0.3, -0.25) is 0 Å². The Balaban J connectivity index is 1.37. The number of sulfone groups is 1. The number of fused-ring (bicyclic) bond motifs is 1. The third kappa shape index (κ3) is 6.29. The number of hydrogen-bond acceptors (Lipinski definition) is 6. The highest BCUT2D eigenvalue weighted by Gasteiger charge is 2.15.